The molecule has 0 N–H and O–H groups in total. The smallest absolute Gasteiger partial charge is 0.312 e. The van der Waals surface area contributed by atoms with Crippen LogP contribution in [0.5, 0.6) is 0 Å². The van der Waals surface area contributed by atoms with Gasteiger partial charge in [-0.15, -0.1) is 0 Å². The molecular formula is C8H13NO. The summed E-state index contributed by atoms with van der Waals surface area (Å²) in [4.78, 5) is 11.6. The minimum atomic E-state index is 0.367. The third-order valence-electron chi connectivity index (χ3n) is 2.13. The van der Waals surface area contributed by atoms with Gasteiger partial charge in [-0.2, -0.15) is 0 Å². The maximum Gasteiger partial charge on any atom is 0.312 e. The van der Waals surface area contributed by atoms with Crippen molar-refractivity contribution in [3.05, 3.63) is 7.05 Å². The number of amides is 1. The van der Waals surface area contributed by atoms with Crippen molar-refractivity contribution in [1.82, 2.24) is 4.90 Å². The van der Waals surface area contributed by atoms with Crippen LogP contribution in [0, 0.1) is 7.05 Å². The van der Waals surface area contributed by atoms with Gasteiger partial charge in [0.2, 0.25) is 0 Å². The Balaban J connectivity index is 2.30. The summed E-state index contributed by atoms with van der Waals surface area (Å²) in [6.45, 7) is 0. The highest BCUT2D eigenvalue weighted by Crippen LogP contribution is 2.20. The Labute approximate surface area is 62.2 Å². The average Bonchev–Trinajstić information content (AvgIpc) is 2.05. The molecular weight excluding hydrogens is 126 g/mol. The van der Waals surface area contributed by atoms with E-state index in [9.17, 15) is 4.79 Å². The van der Waals surface area contributed by atoms with Crippen molar-refractivity contribution < 1.29 is 4.79 Å². The first kappa shape index (κ1) is 7.58. The van der Waals surface area contributed by atoms with E-state index in [0.29, 0.717) is 6.04 Å². The van der Waals surface area contributed by atoms with Crippen LogP contribution in [-0.2, 0) is 4.79 Å². The molecule has 1 fully saturated rings. The summed E-state index contributed by atoms with van der Waals surface area (Å²) >= 11 is 0. The van der Waals surface area contributed by atoms with Crippen LogP contribution in [0.25, 0.3) is 0 Å². The highest BCUT2D eigenvalue weighted by molar-refractivity contribution is 5.48. The molecule has 0 atom stereocenters. The van der Waals surface area contributed by atoms with Gasteiger partial charge < -0.3 is 4.90 Å². The monoisotopic (exact) mass is 139 g/mol. The van der Waals surface area contributed by atoms with Crippen LogP contribution in [0.1, 0.15) is 32.1 Å². The Kier molecular flexibility index (Phi) is 2.72. The van der Waals surface area contributed by atoms with Crippen molar-refractivity contribution in [2.24, 2.45) is 0 Å². The van der Waals surface area contributed by atoms with Crippen molar-refractivity contribution >= 4 is 6.41 Å². The zero-order valence-electron chi connectivity index (χ0n) is 6.18. The lowest BCUT2D eigenvalue weighted by Crippen LogP contribution is -2.30. The lowest BCUT2D eigenvalue weighted by molar-refractivity contribution is 0.286. The predicted octanol–water partition coefficient (Wildman–Crippen LogP) is 1.48. The van der Waals surface area contributed by atoms with Crippen LogP contribution in [0.15, 0.2) is 0 Å². The molecule has 0 saturated heterocycles. The summed E-state index contributed by atoms with van der Waals surface area (Å²) in [5, 5.41) is 0. The maximum atomic E-state index is 10.1. The summed E-state index contributed by atoms with van der Waals surface area (Å²) < 4.78 is 0. The van der Waals surface area contributed by atoms with E-state index in [0.717, 1.165) is 12.8 Å². The van der Waals surface area contributed by atoms with Crippen LogP contribution in [0.2, 0.25) is 0 Å². The molecule has 56 valence electrons. The van der Waals surface area contributed by atoms with Gasteiger partial charge in [-0.1, -0.05) is 19.3 Å². The molecule has 1 rings (SSSR count). The highest BCUT2D eigenvalue weighted by atomic mass is 16.1. The van der Waals surface area contributed by atoms with E-state index in [1.165, 1.54) is 24.2 Å². The molecule has 2 heteroatoms. The fourth-order valence-electron chi connectivity index (χ4n) is 1.47. The van der Waals surface area contributed by atoms with Gasteiger partial charge in [-0.25, -0.2) is 0 Å². The molecule has 0 aromatic carbocycles. The van der Waals surface area contributed by atoms with Gasteiger partial charge in [0, 0.05) is 13.1 Å². The molecule has 2 nitrogen and oxygen atoms in total. The van der Waals surface area contributed by atoms with Crippen molar-refractivity contribution in [2.75, 3.05) is 0 Å². The number of hydrogen-bond acceptors (Lipinski definition) is 1. The van der Waals surface area contributed by atoms with Gasteiger partial charge in [-0.05, 0) is 12.8 Å². The molecule has 0 aromatic rings. The number of nitrogens with zero attached hydrogens (tertiary/aromatic N) is 1. The summed E-state index contributed by atoms with van der Waals surface area (Å²) in [5.74, 6) is 0. The average molecular weight is 139 g/mol. The Morgan fingerprint density at radius 3 is 2.40 bits per heavy atom. The molecule has 2 radical (unpaired) electrons. The van der Waals surface area contributed by atoms with E-state index in [-0.39, 0.29) is 0 Å². The molecule has 1 aliphatic carbocycles. The second kappa shape index (κ2) is 3.59. The van der Waals surface area contributed by atoms with E-state index in [1.807, 2.05) is 0 Å². The molecule has 1 amide bonds. The first-order valence-corrected chi connectivity index (χ1v) is 3.82. The molecule has 0 spiro atoms. The predicted molar refractivity (Wildman–Crippen MR) is 39.8 cm³/mol. The maximum absolute atomic E-state index is 10.1. The molecule has 0 unspecified atom stereocenters. The van der Waals surface area contributed by atoms with Crippen molar-refractivity contribution in [1.29, 1.82) is 0 Å². The van der Waals surface area contributed by atoms with Crippen molar-refractivity contribution in [3.8, 4) is 0 Å². The van der Waals surface area contributed by atoms with E-state index in [4.69, 9.17) is 0 Å². The third-order valence-corrected chi connectivity index (χ3v) is 2.13. The fraction of sp³-hybridized carbons (Fsp3) is 0.750. The first-order chi connectivity index (χ1) is 4.84. The van der Waals surface area contributed by atoms with Crippen LogP contribution in [0.3, 0.4) is 0 Å². The molecule has 1 aliphatic rings. The van der Waals surface area contributed by atoms with Gasteiger partial charge in [0.05, 0.1) is 0 Å². The second-order valence-electron chi connectivity index (χ2n) is 2.85. The number of rotatable bonds is 2. The van der Waals surface area contributed by atoms with E-state index < -0.39 is 0 Å². The number of carbonyl (C=O) groups excluding carboxylic acids is 1. The molecule has 1 saturated carbocycles. The Bertz CT molecular complexity index is 108. The van der Waals surface area contributed by atoms with Gasteiger partial charge in [0.1, 0.15) is 0 Å². The van der Waals surface area contributed by atoms with E-state index >= 15 is 0 Å². The third kappa shape index (κ3) is 1.72. The first-order valence-electron chi connectivity index (χ1n) is 3.82. The quantitative estimate of drug-likeness (QED) is 0.531. The van der Waals surface area contributed by atoms with Crippen LogP contribution in [0.4, 0.5) is 0 Å². The zero-order chi connectivity index (χ0) is 7.40. The molecule has 0 aromatic heterocycles. The van der Waals surface area contributed by atoms with Crippen LogP contribution < -0.4 is 0 Å². The molecule has 0 heterocycles. The minimum Gasteiger partial charge on any atom is -0.330 e. The minimum absolute atomic E-state index is 0.367. The normalized spacial score (nSPS) is 20.5. The summed E-state index contributed by atoms with van der Waals surface area (Å²) in [5.41, 5.74) is 0. The SMILES string of the molecule is [CH2]N([C]=O)C1CCCCC1. The Morgan fingerprint density at radius 1 is 1.30 bits per heavy atom. The second-order valence-corrected chi connectivity index (χ2v) is 2.85. The van der Waals surface area contributed by atoms with E-state index in [1.54, 1.807) is 6.41 Å². The molecule has 0 bridgehead atoms. The van der Waals surface area contributed by atoms with Crippen LogP contribution >= 0.6 is 0 Å². The fourth-order valence-corrected chi connectivity index (χ4v) is 1.47. The van der Waals surface area contributed by atoms with Crippen molar-refractivity contribution in [3.63, 3.8) is 0 Å². The Morgan fingerprint density at radius 2 is 1.90 bits per heavy atom. The number of hydrogen-bond donors (Lipinski definition) is 0. The van der Waals surface area contributed by atoms with Gasteiger partial charge in [0.25, 0.3) is 0 Å². The standard InChI is InChI=1S/C8H13NO/c1-9(7-10)8-5-3-2-4-6-8/h8H,1-6H2. The summed E-state index contributed by atoms with van der Waals surface area (Å²) in [7, 11) is 3.59. The van der Waals surface area contributed by atoms with Gasteiger partial charge >= 0.3 is 6.41 Å². The summed E-state index contributed by atoms with van der Waals surface area (Å²) in [6.07, 6.45) is 7.80. The van der Waals surface area contributed by atoms with Crippen molar-refractivity contribution in [2.45, 2.75) is 38.1 Å². The highest BCUT2D eigenvalue weighted by Gasteiger charge is 2.16. The largest absolute Gasteiger partial charge is 0.330 e. The van der Waals surface area contributed by atoms with Crippen LogP contribution in [-0.4, -0.2) is 17.4 Å². The lowest BCUT2D eigenvalue weighted by atomic mass is 9.95. The van der Waals surface area contributed by atoms with E-state index in [2.05, 4.69) is 7.05 Å². The Hall–Kier alpha value is -0.530. The molecule has 10 heavy (non-hydrogen) atoms. The molecule has 0 aliphatic heterocycles. The lowest BCUT2D eigenvalue weighted by Gasteiger charge is -2.26. The van der Waals surface area contributed by atoms with Gasteiger partial charge in [-0.3, -0.25) is 4.79 Å². The van der Waals surface area contributed by atoms with Gasteiger partial charge in [0.15, 0.2) is 0 Å². The summed E-state index contributed by atoms with van der Waals surface area (Å²) in [6, 6.07) is 0.367. The zero-order valence-corrected chi connectivity index (χ0v) is 6.18. The topological polar surface area (TPSA) is 20.3 Å².